The molecule has 0 saturated carbocycles. The highest BCUT2D eigenvalue weighted by atomic mass is 32.2. The molecule has 0 fully saturated rings. The zero-order valence-electron chi connectivity index (χ0n) is 12.7. The van der Waals surface area contributed by atoms with E-state index in [1.807, 2.05) is 0 Å². The molecule has 0 unspecified atom stereocenters. The van der Waals surface area contributed by atoms with E-state index in [4.69, 9.17) is 0 Å². The van der Waals surface area contributed by atoms with E-state index in [-0.39, 0.29) is 5.41 Å². The molecule has 0 aliphatic rings. The molecule has 108 valence electrons. The Hall–Kier alpha value is -0.310. The van der Waals surface area contributed by atoms with Crippen LogP contribution in [0.4, 0.5) is 0 Å². The molecule has 0 spiro atoms. The quantitative estimate of drug-likeness (QED) is 0.490. The summed E-state index contributed by atoms with van der Waals surface area (Å²) in [5, 5.41) is 0. The van der Waals surface area contributed by atoms with Crippen molar-refractivity contribution in [3.05, 3.63) is 12.2 Å². The predicted molar refractivity (Wildman–Crippen MR) is 80.6 cm³/mol. The Labute approximate surface area is 114 Å². The summed E-state index contributed by atoms with van der Waals surface area (Å²) in [4.78, 5) is 0. The predicted octanol–water partition coefficient (Wildman–Crippen LogP) is 4.22. The third-order valence-electron chi connectivity index (χ3n) is 2.68. The first-order valence-electron chi connectivity index (χ1n) is 7.00. The summed E-state index contributed by atoms with van der Waals surface area (Å²) in [5.41, 5.74) is 0.191. The van der Waals surface area contributed by atoms with Gasteiger partial charge in [-0.15, -0.1) is 0 Å². The van der Waals surface area contributed by atoms with Gasteiger partial charge in [-0.2, -0.15) is 0 Å². The van der Waals surface area contributed by atoms with Crippen LogP contribution in [-0.2, 0) is 9.84 Å². The highest BCUT2D eigenvalue weighted by Crippen LogP contribution is 2.15. The molecule has 0 atom stereocenters. The molecular formula is C15H30O2S. The van der Waals surface area contributed by atoms with E-state index in [1.165, 1.54) is 0 Å². The van der Waals surface area contributed by atoms with Crippen molar-refractivity contribution in [2.24, 2.45) is 11.3 Å². The van der Waals surface area contributed by atoms with Crippen molar-refractivity contribution in [3.8, 4) is 0 Å². The van der Waals surface area contributed by atoms with Gasteiger partial charge in [0.2, 0.25) is 0 Å². The van der Waals surface area contributed by atoms with Crippen molar-refractivity contribution in [3.63, 3.8) is 0 Å². The lowest BCUT2D eigenvalue weighted by molar-refractivity contribution is 0.541. The lowest BCUT2D eigenvalue weighted by Gasteiger charge is -2.10. The summed E-state index contributed by atoms with van der Waals surface area (Å²) in [6, 6.07) is 0. The van der Waals surface area contributed by atoms with Gasteiger partial charge in [0.25, 0.3) is 0 Å². The third-order valence-corrected chi connectivity index (χ3v) is 4.50. The second-order valence-electron chi connectivity index (χ2n) is 6.60. The van der Waals surface area contributed by atoms with Crippen LogP contribution in [0.2, 0.25) is 0 Å². The molecule has 0 bridgehead atoms. The van der Waals surface area contributed by atoms with Crippen molar-refractivity contribution in [2.75, 3.05) is 11.5 Å². The standard InChI is InChI=1S/C15H30O2S/c1-14(2)10-9-13-18(16,17)12-8-6-7-11-15(3,4)5/h7,11,14H,6,8-10,12-13H2,1-5H3/b11-7+. The maximum absolute atomic E-state index is 11.7. The molecule has 2 nitrogen and oxygen atoms in total. The maximum atomic E-state index is 11.7. The normalized spacial score (nSPS) is 13.7. The Morgan fingerprint density at radius 2 is 1.61 bits per heavy atom. The van der Waals surface area contributed by atoms with Gasteiger partial charge < -0.3 is 0 Å². The number of allylic oxidation sites excluding steroid dienone is 2. The molecule has 0 radical (unpaired) electrons. The van der Waals surface area contributed by atoms with Gasteiger partial charge in [0, 0.05) is 0 Å². The van der Waals surface area contributed by atoms with Crippen molar-refractivity contribution >= 4 is 9.84 Å². The fourth-order valence-corrected chi connectivity index (χ4v) is 3.09. The Balaban J connectivity index is 3.81. The Morgan fingerprint density at radius 3 is 2.11 bits per heavy atom. The first-order chi connectivity index (χ1) is 8.12. The van der Waals surface area contributed by atoms with Crippen molar-refractivity contribution in [1.82, 2.24) is 0 Å². The van der Waals surface area contributed by atoms with Crippen LogP contribution < -0.4 is 0 Å². The highest BCUT2D eigenvalue weighted by molar-refractivity contribution is 7.91. The van der Waals surface area contributed by atoms with E-state index in [0.717, 1.165) is 25.7 Å². The zero-order chi connectivity index (χ0) is 14.2. The third kappa shape index (κ3) is 12.2. The molecule has 0 aromatic carbocycles. The number of unbranched alkanes of at least 4 members (excludes halogenated alkanes) is 1. The number of rotatable bonds is 8. The lowest BCUT2D eigenvalue weighted by atomic mass is 9.96. The first kappa shape index (κ1) is 17.7. The summed E-state index contributed by atoms with van der Waals surface area (Å²) in [5.74, 6) is 1.28. The SMILES string of the molecule is CC(C)CCCS(=O)(=O)CCC/C=C/C(C)(C)C. The van der Waals surface area contributed by atoms with Crippen LogP contribution in [0.25, 0.3) is 0 Å². The van der Waals surface area contributed by atoms with E-state index in [9.17, 15) is 8.42 Å². The van der Waals surface area contributed by atoms with Crippen LogP contribution >= 0.6 is 0 Å². The average Bonchev–Trinajstić information content (AvgIpc) is 2.13. The van der Waals surface area contributed by atoms with E-state index in [1.54, 1.807) is 0 Å². The second-order valence-corrected chi connectivity index (χ2v) is 8.90. The zero-order valence-corrected chi connectivity index (χ0v) is 13.5. The van der Waals surface area contributed by atoms with Crippen molar-refractivity contribution in [1.29, 1.82) is 0 Å². The smallest absolute Gasteiger partial charge is 0.150 e. The molecule has 0 saturated heterocycles. The summed E-state index contributed by atoms with van der Waals surface area (Å²) >= 11 is 0. The number of hydrogen-bond donors (Lipinski definition) is 0. The summed E-state index contributed by atoms with van der Waals surface area (Å²) in [6.07, 6.45) is 7.67. The van der Waals surface area contributed by atoms with Crippen LogP contribution in [-0.4, -0.2) is 19.9 Å². The minimum absolute atomic E-state index is 0.191. The molecule has 0 amide bonds. The van der Waals surface area contributed by atoms with E-state index in [2.05, 4.69) is 46.8 Å². The van der Waals surface area contributed by atoms with Gasteiger partial charge in [-0.25, -0.2) is 8.42 Å². The monoisotopic (exact) mass is 274 g/mol. The van der Waals surface area contributed by atoms with Crippen molar-refractivity contribution < 1.29 is 8.42 Å². The molecule has 0 rings (SSSR count). The first-order valence-corrected chi connectivity index (χ1v) is 8.83. The summed E-state index contributed by atoms with van der Waals surface area (Å²) < 4.78 is 23.5. The molecule has 0 aromatic rings. The molecule has 0 N–H and O–H groups in total. The van der Waals surface area contributed by atoms with Gasteiger partial charge in [0.05, 0.1) is 11.5 Å². The Bertz CT molecular complexity index is 332. The van der Waals surface area contributed by atoms with Crippen LogP contribution in [0.15, 0.2) is 12.2 Å². The lowest BCUT2D eigenvalue weighted by Crippen LogP contribution is -2.11. The fourth-order valence-electron chi connectivity index (χ4n) is 1.67. The van der Waals surface area contributed by atoms with Crippen molar-refractivity contribution in [2.45, 2.75) is 60.3 Å². The van der Waals surface area contributed by atoms with Crippen LogP contribution in [0, 0.1) is 11.3 Å². The Kier molecular flexibility index (Phi) is 7.84. The van der Waals surface area contributed by atoms with Gasteiger partial charge in [-0.05, 0) is 30.6 Å². The summed E-state index contributed by atoms with van der Waals surface area (Å²) in [6.45, 7) is 10.7. The minimum Gasteiger partial charge on any atom is -0.229 e. The number of sulfone groups is 1. The second kappa shape index (κ2) is 7.98. The van der Waals surface area contributed by atoms with Gasteiger partial charge >= 0.3 is 0 Å². The van der Waals surface area contributed by atoms with Gasteiger partial charge in [0.1, 0.15) is 9.84 Å². The molecule has 0 aliphatic heterocycles. The van der Waals surface area contributed by atoms with E-state index in [0.29, 0.717) is 17.4 Å². The van der Waals surface area contributed by atoms with Crippen LogP contribution in [0.3, 0.4) is 0 Å². The summed E-state index contributed by atoms with van der Waals surface area (Å²) in [7, 11) is -2.83. The average molecular weight is 274 g/mol. The van der Waals surface area contributed by atoms with Gasteiger partial charge in [0.15, 0.2) is 0 Å². The van der Waals surface area contributed by atoms with Crippen LogP contribution in [0.5, 0.6) is 0 Å². The molecule has 18 heavy (non-hydrogen) atoms. The van der Waals surface area contributed by atoms with Gasteiger partial charge in [-0.1, -0.05) is 53.2 Å². The highest BCUT2D eigenvalue weighted by Gasteiger charge is 2.10. The molecule has 0 heterocycles. The van der Waals surface area contributed by atoms with E-state index >= 15 is 0 Å². The minimum atomic E-state index is -2.83. The van der Waals surface area contributed by atoms with Crippen LogP contribution in [0.1, 0.15) is 60.3 Å². The van der Waals surface area contributed by atoms with Gasteiger partial charge in [-0.3, -0.25) is 0 Å². The fraction of sp³-hybridized carbons (Fsp3) is 0.867. The maximum Gasteiger partial charge on any atom is 0.150 e. The molecular weight excluding hydrogens is 244 g/mol. The number of hydrogen-bond acceptors (Lipinski definition) is 2. The largest absolute Gasteiger partial charge is 0.229 e. The topological polar surface area (TPSA) is 34.1 Å². The Morgan fingerprint density at radius 1 is 1.06 bits per heavy atom. The molecule has 0 aliphatic carbocycles. The molecule has 0 aromatic heterocycles. The molecule has 3 heteroatoms. The van der Waals surface area contributed by atoms with E-state index < -0.39 is 9.84 Å².